The average Bonchev–Trinajstić information content (AvgIpc) is 2.85. The number of carboxylic acid groups (broad SMARTS) is 1. The van der Waals surface area contributed by atoms with E-state index >= 15 is 0 Å². The molecule has 0 aromatic heterocycles. The highest BCUT2D eigenvalue weighted by Crippen LogP contribution is 2.24. The number of carboxylic acids is 1. The van der Waals surface area contributed by atoms with Crippen LogP contribution in [0.3, 0.4) is 0 Å². The summed E-state index contributed by atoms with van der Waals surface area (Å²) in [6, 6.07) is 22.8. The van der Waals surface area contributed by atoms with Crippen molar-refractivity contribution in [2.24, 2.45) is 0 Å². The summed E-state index contributed by atoms with van der Waals surface area (Å²) in [5.74, 6) is 2.09. The van der Waals surface area contributed by atoms with Gasteiger partial charge in [0.1, 0.15) is 23.0 Å². The Bertz CT molecular complexity index is 1050. The molecule has 6 nitrogen and oxygen atoms in total. The zero-order valence-electron chi connectivity index (χ0n) is 19.3. The first-order chi connectivity index (χ1) is 16.6. The van der Waals surface area contributed by atoms with Crippen LogP contribution in [0.15, 0.2) is 85.5 Å². The van der Waals surface area contributed by atoms with Gasteiger partial charge in [-0.25, -0.2) is 4.79 Å². The van der Waals surface area contributed by atoms with Crippen LogP contribution in [-0.4, -0.2) is 37.5 Å². The normalized spacial score (nSPS) is 11.4. The van der Waals surface area contributed by atoms with Crippen molar-refractivity contribution in [3.63, 3.8) is 0 Å². The summed E-state index contributed by atoms with van der Waals surface area (Å²) in [7, 11) is 1.40. The standard InChI is InChI=1S/C28H30O6/c1-3-8-22-19-21(20-27(31-2)28(29)30)11-16-26(22)33-18-7-17-32-23-12-14-25(15-13-23)34-24-9-5-4-6-10-24/h3-6,9-16,19,27H,1,7-8,17-18,20H2,2H3,(H,29,30)/t27-/m0/s1. The molecule has 6 heteroatoms. The number of ether oxygens (including phenoxy) is 4. The van der Waals surface area contributed by atoms with Gasteiger partial charge in [-0.05, 0) is 60.0 Å². The highest BCUT2D eigenvalue weighted by atomic mass is 16.5. The lowest BCUT2D eigenvalue weighted by Gasteiger charge is -2.15. The number of hydrogen-bond acceptors (Lipinski definition) is 5. The Hall–Kier alpha value is -3.77. The maximum absolute atomic E-state index is 11.2. The molecular weight excluding hydrogens is 432 g/mol. The van der Waals surface area contributed by atoms with E-state index in [0.717, 1.165) is 34.1 Å². The zero-order chi connectivity index (χ0) is 24.2. The van der Waals surface area contributed by atoms with Crippen LogP contribution in [0.1, 0.15) is 17.5 Å². The molecule has 0 aliphatic rings. The maximum Gasteiger partial charge on any atom is 0.333 e. The Kier molecular flexibility index (Phi) is 9.55. The summed E-state index contributed by atoms with van der Waals surface area (Å²) in [5.41, 5.74) is 1.84. The molecule has 34 heavy (non-hydrogen) atoms. The van der Waals surface area contributed by atoms with Crippen LogP contribution in [0.25, 0.3) is 0 Å². The molecule has 0 radical (unpaired) electrons. The van der Waals surface area contributed by atoms with E-state index in [-0.39, 0.29) is 0 Å². The molecule has 0 spiro atoms. The van der Waals surface area contributed by atoms with Crippen molar-refractivity contribution in [1.82, 2.24) is 0 Å². The predicted molar refractivity (Wildman–Crippen MR) is 131 cm³/mol. The van der Waals surface area contributed by atoms with Crippen LogP contribution in [0.4, 0.5) is 0 Å². The van der Waals surface area contributed by atoms with Gasteiger partial charge in [0.05, 0.1) is 13.2 Å². The number of aliphatic carboxylic acids is 1. The first-order valence-corrected chi connectivity index (χ1v) is 11.2. The summed E-state index contributed by atoms with van der Waals surface area (Å²) in [4.78, 5) is 11.2. The molecule has 0 fully saturated rings. The Morgan fingerprint density at radius 1 is 0.941 bits per heavy atom. The van der Waals surface area contributed by atoms with Gasteiger partial charge in [0.2, 0.25) is 0 Å². The van der Waals surface area contributed by atoms with Crippen molar-refractivity contribution in [2.75, 3.05) is 20.3 Å². The number of para-hydroxylation sites is 1. The van der Waals surface area contributed by atoms with E-state index < -0.39 is 12.1 Å². The van der Waals surface area contributed by atoms with Crippen LogP contribution >= 0.6 is 0 Å². The summed E-state index contributed by atoms with van der Waals surface area (Å²) >= 11 is 0. The largest absolute Gasteiger partial charge is 0.493 e. The lowest BCUT2D eigenvalue weighted by atomic mass is 10.0. The van der Waals surface area contributed by atoms with Crippen molar-refractivity contribution in [2.45, 2.75) is 25.4 Å². The van der Waals surface area contributed by atoms with E-state index in [1.165, 1.54) is 7.11 Å². The van der Waals surface area contributed by atoms with Crippen molar-refractivity contribution < 1.29 is 28.8 Å². The Morgan fingerprint density at radius 3 is 2.29 bits per heavy atom. The third-order valence-corrected chi connectivity index (χ3v) is 5.09. The third kappa shape index (κ3) is 7.67. The monoisotopic (exact) mass is 462 g/mol. The van der Waals surface area contributed by atoms with Gasteiger partial charge in [0.25, 0.3) is 0 Å². The van der Waals surface area contributed by atoms with Crippen LogP contribution < -0.4 is 14.2 Å². The average molecular weight is 463 g/mol. The summed E-state index contributed by atoms with van der Waals surface area (Å²) in [5, 5.41) is 9.20. The van der Waals surface area contributed by atoms with Crippen LogP contribution in [0, 0.1) is 0 Å². The van der Waals surface area contributed by atoms with Crippen molar-refractivity contribution in [3.8, 4) is 23.0 Å². The fourth-order valence-electron chi connectivity index (χ4n) is 3.36. The SMILES string of the molecule is C=CCc1cc(C[C@H](OC)C(=O)O)ccc1OCCCOc1ccc(Oc2ccccc2)cc1. The van der Waals surface area contributed by atoms with Crippen molar-refractivity contribution in [1.29, 1.82) is 0 Å². The fraction of sp³-hybridized carbons (Fsp3) is 0.250. The highest BCUT2D eigenvalue weighted by Gasteiger charge is 2.17. The zero-order valence-corrected chi connectivity index (χ0v) is 19.3. The van der Waals surface area contributed by atoms with Crippen molar-refractivity contribution in [3.05, 3.63) is 96.6 Å². The van der Waals surface area contributed by atoms with Gasteiger partial charge in [-0.15, -0.1) is 6.58 Å². The molecule has 3 rings (SSSR count). The summed E-state index contributed by atoms with van der Waals surface area (Å²) in [6.07, 6.45) is 2.55. The molecule has 3 aromatic rings. The van der Waals surface area contributed by atoms with Gasteiger partial charge in [-0.1, -0.05) is 36.4 Å². The second kappa shape index (κ2) is 13.1. The fourth-order valence-corrected chi connectivity index (χ4v) is 3.36. The van der Waals surface area contributed by atoms with Crippen LogP contribution in [0.5, 0.6) is 23.0 Å². The first kappa shape index (κ1) is 24.9. The number of hydrogen-bond donors (Lipinski definition) is 1. The van der Waals surface area contributed by atoms with Gasteiger partial charge in [-0.2, -0.15) is 0 Å². The smallest absolute Gasteiger partial charge is 0.333 e. The van der Waals surface area contributed by atoms with E-state index in [9.17, 15) is 9.90 Å². The Balaban J connectivity index is 1.45. The minimum atomic E-state index is -0.980. The molecule has 0 saturated heterocycles. The lowest BCUT2D eigenvalue weighted by Crippen LogP contribution is -2.24. The molecule has 0 aliphatic heterocycles. The number of allylic oxidation sites excluding steroid dienone is 1. The van der Waals surface area contributed by atoms with Crippen molar-refractivity contribution >= 4 is 5.97 Å². The lowest BCUT2D eigenvalue weighted by molar-refractivity contribution is -0.148. The number of rotatable bonds is 14. The number of benzene rings is 3. The summed E-state index contributed by atoms with van der Waals surface area (Å²) < 4.78 is 22.6. The van der Waals surface area contributed by atoms with E-state index in [2.05, 4.69) is 6.58 Å². The van der Waals surface area contributed by atoms with Crippen LogP contribution in [-0.2, 0) is 22.4 Å². The number of carbonyl (C=O) groups is 1. The Morgan fingerprint density at radius 2 is 1.62 bits per heavy atom. The Labute approximate surface area is 200 Å². The molecule has 0 unspecified atom stereocenters. The first-order valence-electron chi connectivity index (χ1n) is 11.2. The molecule has 0 heterocycles. The van der Waals surface area contributed by atoms with Gasteiger partial charge in [0, 0.05) is 20.0 Å². The van der Waals surface area contributed by atoms with Gasteiger partial charge in [0.15, 0.2) is 6.10 Å². The van der Waals surface area contributed by atoms with Gasteiger partial charge in [-0.3, -0.25) is 0 Å². The second-order valence-electron chi connectivity index (χ2n) is 7.64. The van der Waals surface area contributed by atoms with Gasteiger partial charge >= 0.3 is 5.97 Å². The minimum absolute atomic E-state index is 0.291. The summed E-state index contributed by atoms with van der Waals surface area (Å²) in [6.45, 7) is 4.81. The minimum Gasteiger partial charge on any atom is -0.493 e. The molecule has 1 N–H and O–H groups in total. The van der Waals surface area contributed by atoms with E-state index in [1.807, 2.05) is 72.8 Å². The second-order valence-corrected chi connectivity index (χ2v) is 7.64. The third-order valence-electron chi connectivity index (χ3n) is 5.09. The van der Waals surface area contributed by atoms with E-state index in [4.69, 9.17) is 18.9 Å². The highest BCUT2D eigenvalue weighted by molar-refractivity contribution is 5.72. The quantitative estimate of drug-likeness (QED) is 0.245. The van der Waals surface area contributed by atoms with E-state index in [1.54, 1.807) is 6.08 Å². The molecule has 1 atom stereocenters. The molecule has 0 amide bonds. The molecule has 0 bridgehead atoms. The molecular formula is C28H30O6. The molecule has 178 valence electrons. The number of methoxy groups -OCH3 is 1. The molecule has 3 aromatic carbocycles. The topological polar surface area (TPSA) is 74.2 Å². The maximum atomic E-state index is 11.2. The molecule has 0 saturated carbocycles. The molecule has 0 aliphatic carbocycles. The van der Waals surface area contributed by atoms with Gasteiger partial charge < -0.3 is 24.1 Å². The van der Waals surface area contributed by atoms with E-state index in [0.29, 0.717) is 32.5 Å². The predicted octanol–water partition coefficient (Wildman–Crippen LogP) is 5.70. The van der Waals surface area contributed by atoms with Crippen LogP contribution in [0.2, 0.25) is 0 Å².